The van der Waals surface area contributed by atoms with Crippen molar-refractivity contribution in [1.29, 1.82) is 0 Å². The van der Waals surface area contributed by atoms with Crippen LogP contribution in [0.3, 0.4) is 0 Å². The zero-order valence-electron chi connectivity index (χ0n) is 90.5. The third kappa shape index (κ3) is 42.6. The second-order valence-corrected chi connectivity index (χ2v) is 49.4. The van der Waals surface area contributed by atoms with Gasteiger partial charge in [-0.3, -0.25) is 22.8 Å². The third-order valence-electron chi connectivity index (χ3n) is 24.9. The molecule has 7 aliphatic heterocycles. The Morgan fingerprint density at radius 1 is 0.363 bits per heavy atom. The average molecular weight is 2200 g/mol. The topological polar surface area (TPSA) is 654 Å². The van der Waals surface area contributed by atoms with Crippen LogP contribution in [0.1, 0.15) is 278 Å². The van der Waals surface area contributed by atoms with Crippen molar-refractivity contribution in [2.75, 3.05) is 39.6 Å². The summed E-state index contributed by atoms with van der Waals surface area (Å²) in [4.78, 5) is 125. The van der Waals surface area contributed by atoms with Gasteiger partial charge in [0.15, 0.2) is 30.5 Å². The number of hydrogen-bond donors (Lipinski definition) is 5. The first-order chi connectivity index (χ1) is 67.3. The Labute approximate surface area is 861 Å². The van der Waals surface area contributed by atoms with E-state index in [0.29, 0.717) is 64.2 Å². The van der Waals surface area contributed by atoms with E-state index in [1.807, 2.05) is 152 Å². The van der Waals surface area contributed by atoms with Crippen LogP contribution in [-0.2, 0) is 173 Å². The quantitative estimate of drug-likeness (QED) is 0.0362. The number of aliphatic hydroxyl groups excluding tert-OH is 1. The van der Waals surface area contributed by atoms with Gasteiger partial charge in [0, 0.05) is 51.0 Å². The van der Waals surface area contributed by atoms with E-state index < -0.39 is 208 Å². The second kappa shape index (κ2) is 58.0. The summed E-state index contributed by atoms with van der Waals surface area (Å²) in [5.41, 5.74) is 14.7. The summed E-state index contributed by atoms with van der Waals surface area (Å²) in [5, 5.41) is 21.2. The summed E-state index contributed by atoms with van der Waals surface area (Å²) >= 11 is 0. The molecule has 0 amide bonds. The van der Waals surface area contributed by atoms with Crippen LogP contribution < -0.4 is 41.7 Å². The lowest BCUT2D eigenvalue weighted by Gasteiger charge is -2.36. The number of rotatable bonds is 46. The molecule has 3 saturated carbocycles. The molecule has 0 aromatic heterocycles. The summed E-state index contributed by atoms with van der Waals surface area (Å²) in [7, 11) is -25.0. The molecule has 7 saturated heterocycles. The van der Waals surface area contributed by atoms with E-state index in [1.165, 1.54) is 0 Å². The molecule has 3 aliphatic carbocycles. The molecule has 7 unspecified atom stereocenters. The van der Waals surface area contributed by atoms with E-state index in [1.54, 1.807) is 55.4 Å². The van der Waals surface area contributed by atoms with Crippen molar-refractivity contribution in [2.24, 2.45) is 40.9 Å². The van der Waals surface area contributed by atoms with Gasteiger partial charge >= 0.3 is 69.0 Å². The Balaban J connectivity index is 0.000000279. The largest absolute Gasteiger partial charge is 0.746 e. The molecule has 10 aliphatic rings. The summed E-state index contributed by atoms with van der Waals surface area (Å²) in [5.74, 6) is -5.83. The first kappa shape index (κ1) is 132. The van der Waals surface area contributed by atoms with E-state index in [9.17, 15) is 81.5 Å². The maximum absolute atomic E-state index is 12.5. The summed E-state index contributed by atoms with van der Waals surface area (Å²) < 4.78 is 207. The van der Waals surface area contributed by atoms with Crippen LogP contribution in [-0.4, -0.2) is 310 Å². The lowest BCUT2D eigenvalue weighted by molar-refractivity contribution is -0.239. The van der Waals surface area contributed by atoms with E-state index in [4.69, 9.17) is 134 Å². The van der Waals surface area contributed by atoms with Gasteiger partial charge in [0.25, 0.3) is 0 Å². The molecule has 8 N–H and O–H groups in total. The number of aliphatic hydroxyl groups is 2. The van der Waals surface area contributed by atoms with Crippen LogP contribution in [0.25, 0.3) is 0 Å². The fraction of sp³-hybridized carbons (Fsp3) is 0.947. The smallest absolute Gasteiger partial charge is 0.343 e. The standard InChI is InChI=1S/C19H36NO9P.C19H36NO8P.2C19H35O9P.C18H34NO9P/c1-11(2)24-10-19(9-20)16(8-14(6)27-19)28-30(22,23)29-18(21)17-15(25-12(3)4)7-13(5)26-17;1-11(2)24-10-19(20)9-13(5)7-16(19)27-29(22,23)28-18(21)17-15(25-12(3)4)8-14(6)26-17;1-11(2)24-10-19(21)9-13(5)7-16(19)27-29(22,23)28-18(20)17-15(25-12(3)4)8-14(6)26-17;1-10(2)24-9-14-15(7-12(5)17(14)20)27-29(22,23)28-19(21)18-16(25-11(3)4)8-13(6)26-18;1-9(2)23-8-14-16(15(19)12(6)26-14)27-29(21,22)28-18(20)17-13(24-10(3)4)7-11(5)25-17/h11-17H,7-10,20H2,1-6H3,(H,22,23);11-17H,7-10,20H2,1-6H3,(H,22,23);11-17,21H,7-10H2,1-6H3,(H,22,23);10-18,20H,7-9H2,1-6H3,(H,22,23);9-17H,7-8,19H2,1-6H3,(H,21,22)/p-5/t13-,14-,15+,16+,17-,19+;2*13-,14-,15+,16+,17-,19-;12-,13-,14+,15+,16+,17?,18-;11-,12-,13+,14+,15?,16-,17-/m00000/s1. The van der Waals surface area contributed by atoms with E-state index in [2.05, 4.69) is 9.05 Å². The number of hydrogen-bond acceptors (Lipinski definition) is 47. The second-order valence-electron chi connectivity index (χ2n) is 42.9. The zero-order chi connectivity index (χ0) is 111. The van der Waals surface area contributed by atoms with Crippen LogP contribution in [0.5, 0.6) is 0 Å². The Morgan fingerprint density at radius 3 is 1.02 bits per heavy atom. The monoisotopic (exact) mass is 2200 g/mol. The lowest BCUT2D eigenvalue weighted by Crippen LogP contribution is -2.52. The van der Waals surface area contributed by atoms with Gasteiger partial charge in [-0.25, -0.2) is 24.0 Å². The molecule has 10 rings (SSSR count). The molecular formula is C94H171N3O44P5-5. The fourth-order valence-corrected chi connectivity index (χ4v) is 23.5. The van der Waals surface area contributed by atoms with Crippen LogP contribution in [0.15, 0.2) is 0 Å². The van der Waals surface area contributed by atoms with Crippen molar-refractivity contribution in [1.82, 2.24) is 0 Å². The Morgan fingerprint density at radius 2 is 0.671 bits per heavy atom. The molecule has 10 fully saturated rings. The minimum absolute atomic E-state index is 0.0176. The lowest BCUT2D eigenvalue weighted by atomic mass is 9.97. The molecule has 47 nitrogen and oxygen atoms in total. The molecule has 7 heterocycles. The molecular weight excluding hydrogens is 2030 g/mol. The first-order valence-corrected chi connectivity index (χ1v) is 58.3. The van der Waals surface area contributed by atoms with Crippen molar-refractivity contribution in [2.45, 2.75) is 509 Å². The van der Waals surface area contributed by atoms with Crippen molar-refractivity contribution in [3.63, 3.8) is 0 Å². The molecule has 856 valence electrons. The maximum Gasteiger partial charge on any atom is 0.343 e. The van der Waals surface area contributed by atoms with Crippen LogP contribution in [0.2, 0.25) is 0 Å². The molecule has 37 atom stereocenters. The Kier molecular flexibility index (Phi) is 52.3. The maximum atomic E-state index is 12.5. The van der Waals surface area contributed by atoms with E-state index >= 15 is 0 Å². The van der Waals surface area contributed by atoms with Crippen molar-refractivity contribution in [3.8, 4) is 0 Å². The minimum atomic E-state index is -5.04. The number of ether oxygens (including phenoxy) is 17. The van der Waals surface area contributed by atoms with Gasteiger partial charge in [-0.1, -0.05) is 20.8 Å². The normalized spacial score (nSPS) is 37.1. The highest BCUT2D eigenvalue weighted by molar-refractivity contribution is 7.47. The van der Waals surface area contributed by atoms with Crippen LogP contribution >= 0.6 is 39.1 Å². The van der Waals surface area contributed by atoms with Gasteiger partial charge in [-0.15, -0.1) is 0 Å². The van der Waals surface area contributed by atoms with Crippen molar-refractivity contribution < 1.29 is 207 Å². The van der Waals surface area contributed by atoms with Crippen molar-refractivity contribution in [3.05, 3.63) is 0 Å². The molecule has 146 heavy (non-hydrogen) atoms. The predicted molar refractivity (Wildman–Crippen MR) is 514 cm³/mol. The molecule has 0 spiro atoms. The Hall–Kier alpha value is -2.78. The highest BCUT2D eigenvalue weighted by Gasteiger charge is 2.56. The highest BCUT2D eigenvalue weighted by atomic mass is 31.2. The molecule has 0 aromatic carbocycles. The number of phosphoric ester groups is 5. The highest BCUT2D eigenvalue weighted by Crippen LogP contribution is 2.54. The van der Waals surface area contributed by atoms with E-state index in [0.717, 1.165) is 0 Å². The number of phosphoric acid groups is 5. The zero-order valence-corrected chi connectivity index (χ0v) is 95.0. The van der Waals surface area contributed by atoms with Crippen LogP contribution in [0.4, 0.5) is 0 Å². The van der Waals surface area contributed by atoms with Gasteiger partial charge in [0.05, 0.1) is 203 Å². The van der Waals surface area contributed by atoms with Crippen molar-refractivity contribution >= 4 is 69.0 Å². The fourth-order valence-electron chi connectivity index (χ4n) is 18.8. The first-order valence-electron chi connectivity index (χ1n) is 51.0. The summed E-state index contributed by atoms with van der Waals surface area (Å²) in [6.07, 6.45) is -13.6. The molecule has 52 heteroatoms. The SMILES string of the molecule is CC(C)OC[C@@]1(CN)O[C@@H](C)C[C@H]1OP(=O)([O-])OC(=O)[C@H]1O[C@@H](C)C[C@H]1OC(C)C.CC(C)OC[C@@]1(N)C[C@@H](C)C[C@H]1OP(=O)([O-])OC(=O)[C@H]1O[C@@H](C)C[C@H]1OC(C)C.CC(C)OC[C@@]1(O)C[C@@H](C)C[C@H]1OP(=O)([O-])OC(=O)[C@H]1O[C@@H](C)C[C@H]1OC(C)C.CC(C)OC[C@H]1C(O)[C@@H](C)C[C@H]1OP(=O)([O-])OC(=O)[C@H]1O[C@@H](C)C[C@H]1OC(C)C.CC(C)OC[C@H]1O[C@@H](C)C(N)[C@H]1OP(=O)([O-])OC(=O)[C@H]1O[C@@H](C)C[C@H]1OC(C)C. The average Bonchev–Trinajstić information content (AvgIpc) is 1.65. The van der Waals surface area contributed by atoms with Gasteiger partial charge < -0.3 is 178 Å². The molecule has 0 radical (unpaired) electrons. The number of carbonyl (C=O) groups is 5. The van der Waals surface area contributed by atoms with Gasteiger partial charge in [0.1, 0.15) is 29.5 Å². The number of nitrogens with two attached hydrogens (primary N) is 3. The Bertz CT molecular complexity index is 4060. The number of carbonyl (C=O) groups excluding carboxylic acids is 5. The van der Waals surface area contributed by atoms with Gasteiger partial charge in [-0.05, 0) is 237 Å². The molecule has 0 aromatic rings. The van der Waals surface area contributed by atoms with E-state index in [-0.39, 0.29) is 161 Å². The van der Waals surface area contributed by atoms with Crippen LogP contribution in [0, 0.1) is 23.7 Å². The third-order valence-corrected chi connectivity index (χ3v) is 29.5. The van der Waals surface area contributed by atoms with Gasteiger partial charge in [0.2, 0.25) is 0 Å². The van der Waals surface area contributed by atoms with Gasteiger partial charge in [-0.2, -0.15) is 0 Å². The predicted octanol–water partition coefficient (Wildman–Crippen LogP) is 7.82. The molecule has 0 bridgehead atoms. The minimum Gasteiger partial charge on any atom is -0.746 e. The summed E-state index contributed by atoms with van der Waals surface area (Å²) in [6.45, 7) is 55.0. The summed E-state index contributed by atoms with van der Waals surface area (Å²) in [6, 6.07) is -0.725.